The minimum atomic E-state index is 0.0428. The van der Waals surface area contributed by atoms with Crippen LogP contribution in [0.2, 0.25) is 0 Å². The van der Waals surface area contributed by atoms with E-state index in [1.165, 1.54) is 19.3 Å². The largest absolute Gasteiger partial charge is 0.355 e. The van der Waals surface area contributed by atoms with Crippen LogP contribution in [0.3, 0.4) is 0 Å². The highest BCUT2D eigenvalue weighted by molar-refractivity contribution is 7.98. The third-order valence-corrected chi connectivity index (χ3v) is 3.72. The molecule has 6 heteroatoms. The van der Waals surface area contributed by atoms with Crippen molar-refractivity contribution in [3.05, 3.63) is 0 Å². The number of nitrogens with zero attached hydrogens (tertiary/aromatic N) is 3. The number of carbonyl (C=O) groups is 1. The lowest BCUT2D eigenvalue weighted by Crippen LogP contribution is -2.45. The summed E-state index contributed by atoms with van der Waals surface area (Å²) in [6.45, 7) is 3.21. The molecule has 0 aliphatic carbocycles. The van der Waals surface area contributed by atoms with Gasteiger partial charge in [-0.2, -0.15) is 11.8 Å². The van der Waals surface area contributed by atoms with Crippen molar-refractivity contribution >= 4 is 23.6 Å². The SMILES string of the molecule is CSCCNC(=NCC(=O)N(C)C)N1CCCCC1. The van der Waals surface area contributed by atoms with Crippen molar-refractivity contribution in [2.75, 3.05) is 52.3 Å². The zero-order valence-electron chi connectivity index (χ0n) is 12.3. The number of rotatable bonds is 5. The van der Waals surface area contributed by atoms with E-state index in [0.717, 1.165) is 31.3 Å². The molecule has 1 fully saturated rings. The van der Waals surface area contributed by atoms with E-state index < -0.39 is 0 Å². The molecule has 0 unspecified atom stereocenters. The molecule has 1 N–H and O–H groups in total. The zero-order chi connectivity index (χ0) is 14.1. The van der Waals surface area contributed by atoms with Crippen molar-refractivity contribution in [2.45, 2.75) is 19.3 Å². The molecule has 0 radical (unpaired) electrons. The predicted molar refractivity (Wildman–Crippen MR) is 82.8 cm³/mol. The smallest absolute Gasteiger partial charge is 0.243 e. The van der Waals surface area contributed by atoms with E-state index in [1.807, 2.05) is 11.8 Å². The van der Waals surface area contributed by atoms with Gasteiger partial charge < -0.3 is 15.1 Å². The summed E-state index contributed by atoms with van der Waals surface area (Å²) in [6.07, 6.45) is 5.82. The third kappa shape index (κ3) is 6.18. The van der Waals surface area contributed by atoms with Crippen molar-refractivity contribution in [2.24, 2.45) is 4.99 Å². The second-order valence-corrected chi connectivity index (χ2v) is 5.88. The van der Waals surface area contributed by atoms with Crippen LogP contribution in [0.1, 0.15) is 19.3 Å². The first-order chi connectivity index (χ1) is 9.15. The van der Waals surface area contributed by atoms with E-state index >= 15 is 0 Å². The number of carbonyl (C=O) groups excluding carboxylic acids is 1. The molecule has 1 amide bonds. The number of amides is 1. The number of thioether (sulfide) groups is 1. The number of aliphatic imine (C=N–C) groups is 1. The van der Waals surface area contributed by atoms with Crippen molar-refractivity contribution in [3.63, 3.8) is 0 Å². The van der Waals surface area contributed by atoms with Crippen LogP contribution in [0.5, 0.6) is 0 Å². The predicted octanol–water partition coefficient (Wildman–Crippen LogP) is 0.869. The van der Waals surface area contributed by atoms with E-state index in [2.05, 4.69) is 21.5 Å². The molecule has 110 valence electrons. The number of nitrogens with one attached hydrogen (secondary N) is 1. The Kier molecular flexibility index (Phi) is 7.70. The van der Waals surface area contributed by atoms with Gasteiger partial charge in [-0.3, -0.25) is 4.79 Å². The lowest BCUT2D eigenvalue weighted by atomic mass is 10.1. The van der Waals surface area contributed by atoms with Gasteiger partial charge in [0, 0.05) is 39.5 Å². The summed E-state index contributed by atoms with van der Waals surface area (Å²) >= 11 is 1.81. The third-order valence-electron chi connectivity index (χ3n) is 3.11. The lowest BCUT2D eigenvalue weighted by Gasteiger charge is -2.30. The summed E-state index contributed by atoms with van der Waals surface area (Å²) < 4.78 is 0. The highest BCUT2D eigenvalue weighted by Gasteiger charge is 2.15. The fourth-order valence-corrected chi connectivity index (χ4v) is 2.23. The Morgan fingerprint density at radius 2 is 2.00 bits per heavy atom. The highest BCUT2D eigenvalue weighted by atomic mass is 32.2. The fraction of sp³-hybridized carbons (Fsp3) is 0.846. The first-order valence-corrected chi connectivity index (χ1v) is 8.27. The van der Waals surface area contributed by atoms with E-state index in [1.54, 1.807) is 19.0 Å². The number of likely N-dealkylation sites (N-methyl/N-ethyl adjacent to an activating group) is 1. The van der Waals surface area contributed by atoms with Gasteiger partial charge in [-0.25, -0.2) is 4.99 Å². The summed E-state index contributed by atoms with van der Waals surface area (Å²) in [6, 6.07) is 0. The van der Waals surface area contributed by atoms with Gasteiger partial charge in [-0.05, 0) is 25.5 Å². The van der Waals surface area contributed by atoms with E-state index in [0.29, 0.717) is 0 Å². The quantitative estimate of drug-likeness (QED) is 0.463. The molecule has 0 spiro atoms. The Morgan fingerprint density at radius 3 is 2.58 bits per heavy atom. The Hall–Kier alpha value is -0.910. The fourth-order valence-electron chi connectivity index (χ4n) is 1.92. The average molecular weight is 286 g/mol. The van der Waals surface area contributed by atoms with Crippen molar-refractivity contribution in [1.29, 1.82) is 0 Å². The molecule has 19 heavy (non-hydrogen) atoms. The summed E-state index contributed by atoms with van der Waals surface area (Å²) in [5.74, 6) is 1.99. The van der Waals surface area contributed by atoms with Crippen LogP contribution in [0.25, 0.3) is 0 Å². The van der Waals surface area contributed by atoms with Gasteiger partial charge in [-0.1, -0.05) is 0 Å². The Bertz CT molecular complexity index is 301. The van der Waals surface area contributed by atoms with Gasteiger partial charge in [0.25, 0.3) is 0 Å². The van der Waals surface area contributed by atoms with Crippen LogP contribution in [0.4, 0.5) is 0 Å². The topological polar surface area (TPSA) is 47.9 Å². The Labute approximate surface area is 120 Å². The Morgan fingerprint density at radius 1 is 1.32 bits per heavy atom. The summed E-state index contributed by atoms with van der Waals surface area (Å²) in [7, 11) is 3.53. The minimum absolute atomic E-state index is 0.0428. The van der Waals surface area contributed by atoms with Gasteiger partial charge in [0.15, 0.2) is 5.96 Å². The van der Waals surface area contributed by atoms with Crippen LogP contribution in [0.15, 0.2) is 4.99 Å². The number of hydrogen-bond donors (Lipinski definition) is 1. The molecule has 0 bridgehead atoms. The molecule has 0 atom stereocenters. The van der Waals surface area contributed by atoms with E-state index in [9.17, 15) is 4.79 Å². The van der Waals surface area contributed by atoms with Gasteiger partial charge in [0.2, 0.25) is 5.91 Å². The second-order valence-electron chi connectivity index (χ2n) is 4.90. The summed E-state index contributed by atoms with van der Waals surface area (Å²) in [5.41, 5.74) is 0. The van der Waals surface area contributed by atoms with E-state index in [4.69, 9.17) is 0 Å². The number of guanidine groups is 1. The van der Waals surface area contributed by atoms with Gasteiger partial charge in [-0.15, -0.1) is 0 Å². The lowest BCUT2D eigenvalue weighted by molar-refractivity contribution is -0.127. The molecule has 1 saturated heterocycles. The maximum Gasteiger partial charge on any atom is 0.243 e. The minimum Gasteiger partial charge on any atom is -0.355 e. The van der Waals surface area contributed by atoms with Crippen LogP contribution < -0.4 is 5.32 Å². The highest BCUT2D eigenvalue weighted by Crippen LogP contribution is 2.08. The molecule has 1 rings (SSSR count). The summed E-state index contributed by atoms with van der Waals surface area (Å²) in [5, 5.41) is 3.37. The van der Waals surface area contributed by atoms with Gasteiger partial charge >= 0.3 is 0 Å². The molecule has 0 aromatic carbocycles. The number of likely N-dealkylation sites (tertiary alicyclic amines) is 1. The first kappa shape index (κ1) is 16.1. The zero-order valence-corrected chi connectivity index (χ0v) is 13.1. The monoisotopic (exact) mass is 286 g/mol. The maximum absolute atomic E-state index is 11.6. The maximum atomic E-state index is 11.6. The van der Waals surface area contributed by atoms with Crippen molar-refractivity contribution < 1.29 is 4.79 Å². The van der Waals surface area contributed by atoms with Crippen LogP contribution in [0, 0.1) is 0 Å². The van der Waals surface area contributed by atoms with Crippen LogP contribution >= 0.6 is 11.8 Å². The molecular formula is C13H26N4OS. The first-order valence-electron chi connectivity index (χ1n) is 6.87. The number of hydrogen-bond acceptors (Lipinski definition) is 3. The van der Waals surface area contributed by atoms with Crippen molar-refractivity contribution in [1.82, 2.24) is 15.1 Å². The molecule has 1 aliphatic rings. The van der Waals surface area contributed by atoms with E-state index in [-0.39, 0.29) is 12.5 Å². The van der Waals surface area contributed by atoms with Gasteiger partial charge in [0.05, 0.1) is 0 Å². The molecule has 1 heterocycles. The average Bonchev–Trinajstić information content (AvgIpc) is 2.43. The molecule has 0 aromatic rings. The molecule has 0 saturated carbocycles. The number of piperidine rings is 1. The molecular weight excluding hydrogens is 260 g/mol. The standard InChI is InChI=1S/C13H26N4OS/c1-16(2)12(18)11-15-13(14-7-10-19-3)17-8-5-4-6-9-17/h4-11H2,1-3H3,(H,14,15). The molecule has 0 aromatic heterocycles. The second kappa shape index (κ2) is 9.07. The summed E-state index contributed by atoms with van der Waals surface area (Å²) in [4.78, 5) is 20.0. The normalized spacial score (nSPS) is 16.4. The van der Waals surface area contributed by atoms with Crippen molar-refractivity contribution in [3.8, 4) is 0 Å². The molecule has 1 aliphatic heterocycles. The van der Waals surface area contributed by atoms with Crippen LogP contribution in [-0.4, -0.2) is 73.9 Å². The van der Waals surface area contributed by atoms with Gasteiger partial charge in [0.1, 0.15) is 6.54 Å². The Balaban J connectivity index is 2.56. The molecule has 5 nitrogen and oxygen atoms in total. The van der Waals surface area contributed by atoms with Crippen LogP contribution in [-0.2, 0) is 4.79 Å².